The molecule has 0 saturated heterocycles. The van der Waals surface area contributed by atoms with Crippen LogP contribution in [-0.2, 0) is 22.7 Å². The average Bonchev–Trinajstić information content (AvgIpc) is 3.47. The lowest BCUT2D eigenvalue weighted by Crippen LogP contribution is -2.44. The maximum Gasteiger partial charge on any atom is 0.257 e. The molecule has 230 valence electrons. The summed E-state index contributed by atoms with van der Waals surface area (Å²) < 4.78 is 27.9. The predicted octanol–water partition coefficient (Wildman–Crippen LogP) is 6.27. The molecule has 3 aromatic heterocycles. The van der Waals surface area contributed by atoms with Crippen molar-refractivity contribution in [2.45, 2.75) is 89.7 Å². The van der Waals surface area contributed by atoms with Gasteiger partial charge in [-0.2, -0.15) is 9.49 Å². The lowest BCUT2D eigenvalue weighted by atomic mass is 10.0. The van der Waals surface area contributed by atoms with Crippen LogP contribution >= 0.6 is 23.2 Å². The fraction of sp³-hybridized carbons (Fsp3) is 0.536. The highest BCUT2D eigenvalue weighted by atomic mass is 35.5. The Balaban J connectivity index is 1.76. The zero-order valence-corrected chi connectivity index (χ0v) is 27.4. The lowest BCUT2D eigenvalue weighted by Gasteiger charge is -2.18. The molecule has 2 amide bonds. The Labute approximate surface area is 256 Å². The number of aryl methyl sites for hydroxylation is 2. The van der Waals surface area contributed by atoms with Crippen molar-refractivity contribution in [1.29, 1.82) is 0 Å². The van der Waals surface area contributed by atoms with E-state index < -0.39 is 36.7 Å². The summed E-state index contributed by atoms with van der Waals surface area (Å²) in [5.41, 5.74) is 3.01. The van der Waals surface area contributed by atoms with Gasteiger partial charge in [0.05, 0.1) is 11.4 Å². The van der Waals surface area contributed by atoms with Crippen LogP contribution in [0.1, 0.15) is 53.6 Å². The van der Waals surface area contributed by atoms with Crippen molar-refractivity contribution >= 4 is 48.9 Å². The van der Waals surface area contributed by atoms with Gasteiger partial charge in [-0.15, -0.1) is 23.2 Å². The van der Waals surface area contributed by atoms with E-state index in [9.17, 15) is 9.59 Å². The Morgan fingerprint density at radius 3 is 2.50 bits per heavy atom. The minimum atomic E-state index is -1.22. The quantitative estimate of drug-likeness (QED) is 0.0867. The highest BCUT2D eigenvalue weighted by Crippen LogP contribution is 2.30. The second kappa shape index (κ2) is 15.1. The third kappa shape index (κ3) is 9.35. The number of hydrogen-bond donors (Lipinski definition) is 2. The first kappa shape index (κ1) is 33.7. The Bertz CT molecular complexity index is 1370. The first-order chi connectivity index (χ1) is 19.8. The third-order valence-electron chi connectivity index (χ3n) is 6.68. The molecule has 42 heavy (non-hydrogen) atoms. The number of nitrogens with zero attached hydrogens (tertiary/aromatic N) is 4. The normalized spacial score (nSPS) is 12.5. The van der Waals surface area contributed by atoms with Crippen molar-refractivity contribution in [3.63, 3.8) is 0 Å². The standard InChI is InChI=1S/C28H39Cl2FN6O4Si/c1-7-22-25(18(3)35-37(22)16-40-13-14-42(4,5)6)19-11-12-24(33-26(19)31)34-28(39)21(9-8-10-23(29)30)32-27(38)20-15-41-36-17(20)2/h11-12,15,21,23H,7-10,13-14,16H2,1-6H3,(H,32,38)(H,33,34,39)/t21-/m0/s1. The van der Waals surface area contributed by atoms with Crippen LogP contribution in [0, 0.1) is 19.8 Å². The van der Waals surface area contributed by atoms with Crippen LogP contribution in [-0.4, -0.2) is 57.3 Å². The Hall–Kier alpha value is -2.80. The van der Waals surface area contributed by atoms with Crippen LogP contribution in [0.3, 0.4) is 0 Å². The molecule has 1 atom stereocenters. The smallest absolute Gasteiger partial charge is 0.257 e. The summed E-state index contributed by atoms with van der Waals surface area (Å²) >= 11 is 11.7. The van der Waals surface area contributed by atoms with Crippen LogP contribution < -0.4 is 10.6 Å². The molecule has 0 bridgehead atoms. The van der Waals surface area contributed by atoms with Crippen molar-refractivity contribution in [3.8, 4) is 11.1 Å². The Morgan fingerprint density at radius 2 is 1.90 bits per heavy atom. The van der Waals surface area contributed by atoms with Crippen molar-refractivity contribution < 1.29 is 23.2 Å². The fourth-order valence-electron chi connectivity index (χ4n) is 4.37. The van der Waals surface area contributed by atoms with E-state index in [-0.39, 0.29) is 30.1 Å². The van der Waals surface area contributed by atoms with Crippen LogP contribution in [0.4, 0.5) is 10.2 Å². The zero-order chi connectivity index (χ0) is 31.0. The van der Waals surface area contributed by atoms with Crippen LogP contribution in [0.25, 0.3) is 11.1 Å². The molecule has 0 aliphatic rings. The molecule has 0 aliphatic heterocycles. The molecule has 0 aromatic carbocycles. The van der Waals surface area contributed by atoms with Gasteiger partial charge in [0.2, 0.25) is 11.9 Å². The van der Waals surface area contributed by atoms with Gasteiger partial charge in [-0.05, 0) is 57.7 Å². The molecule has 0 fully saturated rings. The number of amides is 2. The number of rotatable bonds is 15. The SMILES string of the molecule is CCc1c(-c2ccc(NC(=O)[C@H](CCCC(Cl)Cl)NC(=O)c3conc3C)nc2F)c(C)nn1COCC[Si](C)(C)C. The summed E-state index contributed by atoms with van der Waals surface area (Å²) in [6, 6.07) is 3.17. The minimum absolute atomic E-state index is 0.00648. The van der Waals surface area contributed by atoms with Gasteiger partial charge in [0.1, 0.15) is 35.3 Å². The van der Waals surface area contributed by atoms with E-state index in [1.807, 2.05) is 13.8 Å². The highest BCUT2D eigenvalue weighted by Gasteiger charge is 2.25. The van der Waals surface area contributed by atoms with E-state index >= 15 is 4.39 Å². The number of anilines is 1. The molecule has 0 radical (unpaired) electrons. The van der Waals surface area contributed by atoms with Crippen molar-refractivity contribution in [3.05, 3.63) is 47.0 Å². The first-order valence-electron chi connectivity index (χ1n) is 13.9. The molecule has 0 spiro atoms. The van der Waals surface area contributed by atoms with Gasteiger partial charge in [0.15, 0.2) is 0 Å². The average molecular weight is 642 g/mol. The molecule has 10 nitrogen and oxygen atoms in total. The largest absolute Gasteiger partial charge is 0.364 e. The molecule has 0 aliphatic carbocycles. The number of halogens is 3. The molecule has 3 aromatic rings. The number of hydrogen-bond acceptors (Lipinski definition) is 7. The molecular formula is C28H39Cl2FN6O4Si. The number of carbonyl (C=O) groups is 2. The van der Waals surface area contributed by atoms with Crippen molar-refractivity contribution in [1.82, 2.24) is 25.2 Å². The van der Waals surface area contributed by atoms with Crippen LogP contribution in [0.15, 0.2) is 22.9 Å². The van der Waals surface area contributed by atoms with Gasteiger partial charge in [-0.25, -0.2) is 9.67 Å². The number of nitrogens with one attached hydrogen (secondary N) is 2. The number of alkyl halides is 2. The molecule has 0 saturated carbocycles. The summed E-state index contributed by atoms with van der Waals surface area (Å²) in [4.78, 5) is 29.3. The van der Waals surface area contributed by atoms with Gasteiger partial charge in [0.25, 0.3) is 5.91 Å². The minimum Gasteiger partial charge on any atom is -0.364 e. The monoisotopic (exact) mass is 640 g/mol. The van der Waals surface area contributed by atoms with E-state index in [4.69, 9.17) is 32.5 Å². The zero-order valence-electron chi connectivity index (χ0n) is 24.9. The molecule has 2 N–H and O–H groups in total. The van der Waals surface area contributed by atoms with Crippen LogP contribution in [0.2, 0.25) is 25.7 Å². The maximum atomic E-state index is 15.4. The maximum absolute atomic E-state index is 15.4. The second-order valence-corrected chi connectivity index (χ2v) is 18.2. The highest BCUT2D eigenvalue weighted by molar-refractivity contribution is 6.76. The van der Waals surface area contributed by atoms with Gasteiger partial charge >= 0.3 is 0 Å². The Morgan fingerprint density at radius 1 is 1.17 bits per heavy atom. The summed E-state index contributed by atoms with van der Waals surface area (Å²) in [7, 11) is -1.22. The van der Waals surface area contributed by atoms with Gasteiger partial charge in [0, 0.05) is 31.5 Å². The predicted molar refractivity (Wildman–Crippen MR) is 164 cm³/mol. The molecular weight excluding hydrogens is 602 g/mol. The van der Waals surface area contributed by atoms with Crippen molar-refractivity contribution in [2.75, 3.05) is 11.9 Å². The van der Waals surface area contributed by atoms with Gasteiger partial charge in [-0.3, -0.25) is 9.59 Å². The van der Waals surface area contributed by atoms with E-state index in [0.29, 0.717) is 42.8 Å². The molecule has 3 rings (SSSR count). The second-order valence-electron chi connectivity index (χ2n) is 11.3. The van der Waals surface area contributed by atoms with E-state index in [0.717, 1.165) is 11.7 Å². The first-order valence-corrected chi connectivity index (χ1v) is 18.5. The fourth-order valence-corrected chi connectivity index (χ4v) is 5.44. The number of carbonyl (C=O) groups excluding carboxylic acids is 2. The van der Waals surface area contributed by atoms with E-state index in [1.54, 1.807) is 17.7 Å². The Kier molecular flexibility index (Phi) is 12.1. The summed E-state index contributed by atoms with van der Waals surface area (Å²) in [5, 5.41) is 13.6. The lowest BCUT2D eigenvalue weighted by molar-refractivity contribution is -0.118. The number of ether oxygens (including phenoxy) is 1. The topological polar surface area (TPSA) is 124 Å². The van der Waals surface area contributed by atoms with Crippen molar-refractivity contribution in [2.24, 2.45) is 0 Å². The van der Waals surface area contributed by atoms with Crippen LogP contribution in [0.5, 0.6) is 0 Å². The third-order valence-corrected chi connectivity index (χ3v) is 8.82. The molecule has 14 heteroatoms. The van der Waals surface area contributed by atoms with E-state index in [2.05, 4.69) is 45.5 Å². The number of aromatic nitrogens is 4. The van der Waals surface area contributed by atoms with Gasteiger partial charge in [-0.1, -0.05) is 31.7 Å². The summed E-state index contributed by atoms with van der Waals surface area (Å²) in [6.07, 6.45) is 2.95. The van der Waals surface area contributed by atoms with E-state index in [1.165, 1.54) is 12.3 Å². The van der Waals surface area contributed by atoms with Gasteiger partial charge < -0.3 is 19.9 Å². The number of pyridine rings is 1. The summed E-state index contributed by atoms with van der Waals surface area (Å²) in [5.74, 6) is -1.84. The molecule has 3 heterocycles. The summed E-state index contributed by atoms with van der Waals surface area (Å²) in [6.45, 7) is 13.2. The molecule has 0 unspecified atom stereocenters.